The molecule has 31 heavy (non-hydrogen) atoms. The van der Waals surface area contributed by atoms with Crippen LogP contribution in [0.1, 0.15) is 45.6 Å². The van der Waals surface area contributed by atoms with E-state index in [1.165, 1.54) is 0 Å². The fraction of sp³-hybridized carbons (Fsp3) is 0.522. The van der Waals surface area contributed by atoms with E-state index in [0.717, 1.165) is 41.5 Å². The van der Waals surface area contributed by atoms with Gasteiger partial charge in [0.15, 0.2) is 11.5 Å². The summed E-state index contributed by atoms with van der Waals surface area (Å²) >= 11 is 0.853. The molecule has 3 amide bonds. The standard InChI is InChI=1S/C23H30N2O5S/c1-5-16(3)30-18-7-6-17(12-19(18)29-4)13-20-22(27)25(23(28)31-20)14-21(26)24-10-8-15(2)9-11-24/h6-7,12-13,15-16H,5,8-11,14H2,1-4H3/b20-13-/t16-/m0/s1. The number of thioether (sulfide) groups is 1. The Balaban J connectivity index is 1.70. The van der Waals surface area contributed by atoms with Crippen molar-refractivity contribution in [3.8, 4) is 11.5 Å². The fourth-order valence-corrected chi connectivity index (χ4v) is 4.29. The Hall–Kier alpha value is -2.48. The van der Waals surface area contributed by atoms with Gasteiger partial charge in [-0.3, -0.25) is 19.3 Å². The lowest BCUT2D eigenvalue weighted by atomic mass is 9.99. The van der Waals surface area contributed by atoms with E-state index in [0.29, 0.717) is 35.4 Å². The van der Waals surface area contributed by atoms with Crippen molar-refractivity contribution in [3.05, 3.63) is 28.7 Å². The van der Waals surface area contributed by atoms with Gasteiger partial charge in [-0.25, -0.2) is 0 Å². The third-order valence-corrected chi connectivity index (χ3v) is 6.60. The SMILES string of the molecule is CC[C@H](C)Oc1ccc(/C=C2\SC(=O)N(CC(=O)N3CCC(C)CC3)C2=O)cc1OC. The molecule has 8 heteroatoms. The van der Waals surface area contributed by atoms with Crippen molar-refractivity contribution < 1.29 is 23.9 Å². The molecule has 1 atom stereocenters. The van der Waals surface area contributed by atoms with Crippen LogP contribution in [0.4, 0.5) is 4.79 Å². The maximum Gasteiger partial charge on any atom is 0.294 e. The van der Waals surface area contributed by atoms with E-state index in [2.05, 4.69) is 6.92 Å². The van der Waals surface area contributed by atoms with E-state index < -0.39 is 11.1 Å². The number of carbonyl (C=O) groups is 3. The van der Waals surface area contributed by atoms with Crippen molar-refractivity contribution in [2.75, 3.05) is 26.7 Å². The maximum absolute atomic E-state index is 12.8. The fourth-order valence-electron chi connectivity index (χ4n) is 3.45. The highest BCUT2D eigenvalue weighted by Gasteiger charge is 2.37. The molecule has 0 unspecified atom stereocenters. The largest absolute Gasteiger partial charge is 0.493 e. The molecule has 0 aliphatic carbocycles. The molecule has 0 bridgehead atoms. The van der Waals surface area contributed by atoms with Gasteiger partial charge in [0.25, 0.3) is 11.1 Å². The molecular formula is C23H30N2O5S. The molecule has 1 aromatic carbocycles. The van der Waals surface area contributed by atoms with Crippen LogP contribution < -0.4 is 9.47 Å². The van der Waals surface area contributed by atoms with Gasteiger partial charge in [0, 0.05) is 13.1 Å². The van der Waals surface area contributed by atoms with Gasteiger partial charge in [-0.05, 0) is 67.6 Å². The lowest BCUT2D eigenvalue weighted by molar-refractivity contribution is -0.136. The highest BCUT2D eigenvalue weighted by atomic mass is 32.2. The minimum absolute atomic E-state index is 0.0527. The minimum atomic E-state index is -0.437. The van der Waals surface area contributed by atoms with E-state index in [-0.39, 0.29) is 18.6 Å². The number of methoxy groups -OCH3 is 1. The molecule has 2 aliphatic rings. The van der Waals surface area contributed by atoms with Crippen molar-refractivity contribution in [3.63, 3.8) is 0 Å². The average molecular weight is 447 g/mol. The van der Waals surface area contributed by atoms with Crippen LogP contribution in [-0.2, 0) is 9.59 Å². The first-order valence-corrected chi connectivity index (χ1v) is 11.5. The molecule has 3 rings (SSSR count). The van der Waals surface area contributed by atoms with Crippen molar-refractivity contribution in [2.45, 2.75) is 46.1 Å². The highest BCUT2D eigenvalue weighted by molar-refractivity contribution is 8.18. The first kappa shape index (κ1) is 23.2. The molecule has 0 aromatic heterocycles. The van der Waals surface area contributed by atoms with Crippen molar-refractivity contribution in [1.29, 1.82) is 0 Å². The van der Waals surface area contributed by atoms with Crippen LogP contribution in [-0.4, -0.2) is 59.7 Å². The predicted octanol–water partition coefficient (Wildman–Crippen LogP) is 4.17. The minimum Gasteiger partial charge on any atom is -0.493 e. The number of hydrogen-bond donors (Lipinski definition) is 0. The summed E-state index contributed by atoms with van der Waals surface area (Å²) in [6.07, 6.45) is 4.47. The van der Waals surface area contributed by atoms with Crippen LogP contribution in [0.5, 0.6) is 11.5 Å². The highest BCUT2D eigenvalue weighted by Crippen LogP contribution is 2.35. The van der Waals surface area contributed by atoms with Gasteiger partial charge in [0.2, 0.25) is 5.91 Å². The number of nitrogens with zero attached hydrogens (tertiary/aromatic N) is 2. The topological polar surface area (TPSA) is 76.2 Å². The Kier molecular flexibility index (Phi) is 7.64. The first-order chi connectivity index (χ1) is 14.8. The Morgan fingerprint density at radius 3 is 2.61 bits per heavy atom. The molecule has 1 aromatic rings. The number of carbonyl (C=O) groups excluding carboxylic acids is 3. The Labute approximate surface area is 187 Å². The van der Waals surface area contributed by atoms with E-state index in [1.807, 2.05) is 19.9 Å². The van der Waals surface area contributed by atoms with Gasteiger partial charge in [-0.15, -0.1) is 0 Å². The van der Waals surface area contributed by atoms with E-state index in [4.69, 9.17) is 9.47 Å². The molecule has 2 fully saturated rings. The van der Waals surface area contributed by atoms with Crippen LogP contribution in [0.15, 0.2) is 23.1 Å². The van der Waals surface area contributed by atoms with Crippen molar-refractivity contribution in [1.82, 2.24) is 9.80 Å². The Morgan fingerprint density at radius 2 is 1.97 bits per heavy atom. The molecule has 2 heterocycles. The van der Waals surface area contributed by atoms with Crippen LogP contribution in [0.2, 0.25) is 0 Å². The Morgan fingerprint density at radius 1 is 1.26 bits per heavy atom. The molecule has 0 spiro atoms. The lowest BCUT2D eigenvalue weighted by Gasteiger charge is -2.31. The summed E-state index contributed by atoms with van der Waals surface area (Å²) in [7, 11) is 1.56. The zero-order valence-electron chi connectivity index (χ0n) is 18.6. The van der Waals surface area contributed by atoms with Crippen LogP contribution in [0.25, 0.3) is 6.08 Å². The normalized spacial score (nSPS) is 19.8. The predicted molar refractivity (Wildman–Crippen MR) is 121 cm³/mol. The van der Waals surface area contributed by atoms with Crippen molar-refractivity contribution >= 4 is 34.9 Å². The molecule has 0 saturated carbocycles. The lowest BCUT2D eigenvalue weighted by Crippen LogP contribution is -2.45. The summed E-state index contributed by atoms with van der Waals surface area (Å²) in [5.41, 5.74) is 0.718. The number of likely N-dealkylation sites (tertiary alicyclic amines) is 1. The summed E-state index contributed by atoms with van der Waals surface area (Å²) in [6, 6.07) is 5.38. The summed E-state index contributed by atoms with van der Waals surface area (Å²) in [5, 5.41) is -0.418. The quantitative estimate of drug-likeness (QED) is 0.585. The summed E-state index contributed by atoms with van der Waals surface area (Å²) in [6.45, 7) is 7.34. The third kappa shape index (κ3) is 5.61. The third-order valence-electron chi connectivity index (χ3n) is 5.69. The second-order valence-corrected chi connectivity index (χ2v) is 9.07. The monoisotopic (exact) mass is 446 g/mol. The van der Waals surface area contributed by atoms with Gasteiger partial charge in [-0.2, -0.15) is 0 Å². The number of hydrogen-bond acceptors (Lipinski definition) is 6. The van der Waals surface area contributed by atoms with Crippen LogP contribution in [0, 0.1) is 5.92 Å². The second-order valence-electron chi connectivity index (χ2n) is 8.08. The summed E-state index contributed by atoms with van der Waals surface area (Å²) in [4.78, 5) is 40.8. The number of rotatable bonds is 7. The second kappa shape index (κ2) is 10.2. The van der Waals surface area contributed by atoms with Gasteiger partial charge in [0.1, 0.15) is 6.54 Å². The molecule has 168 valence electrons. The number of amides is 3. The van der Waals surface area contributed by atoms with E-state index >= 15 is 0 Å². The molecule has 0 radical (unpaired) electrons. The molecule has 2 aliphatic heterocycles. The smallest absolute Gasteiger partial charge is 0.294 e. The van der Waals surface area contributed by atoms with Gasteiger partial charge in [0.05, 0.1) is 18.1 Å². The zero-order valence-corrected chi connectivity index (χ0v) is 19.4. The van der Waals surface area contributed by atoms with E-state index in [1.54, 1.807) is 30.2 Å². The summed E-state index contributed by atoms with van der Waals surface area (Å²) in [5.74, 6) is 1.17. The molecular weight excluding hydrogens is 416 g/mol. The van der Waals surface area contributed by atoms with Gasteiger partial charge in [-0.1, -0.05) is 19.9 Å². The summed E-state index contributed by atoms with van der Waals surface area (Å²) < 4.78 is 11.3. The molecule has 7 nitrogen and oxygen atoms in total. The Bertz CT molecular complexity index is 877. The first-order valence-electron chi connectivity index (χ1n) is 10.7. The van der Waals surface area contributed by atoms with Crippen LogP contribution >= 0.6 is 11.8 Å². The number of imide groups is 1. The van der Waals surface area contributed by atoms with E-state index in [9.17, 15) is 14.4 Å². The van der Waals surface area contributed by atoms with Gasteiger partial charge >= 0.3 is 0 Å². The molecule has 2 saturated heterocycles. The maximum atomic E-state index is 12.8. The zero-order chi connectivity index (χ0) is 22.5. The average Bonchev–Trinajstić information content (AvgIpc) is 3.02. The number of ether oxygens (including phenoxy) is 2. The van der Waals surface area contributed by atoms with Gasteiger partial charge < -0.3 is 14.4 Å². The van der Waals surface area contributed by atoms with Crippen LogP contribution in [0.3, 0.4) is 0 Å². The number of piperidine rings is 1. The number of benzene rings is 1. The molecule has 0 N–H and O–H groups in total. The van der Waals surface area contributed by atoms with Crippen molar-refractivity contribution in [2.24, 2.45) is 5.92 Å².